The highest BCUT2D eigenvalue weighted by Crippen LogP contribution is 2.26. The number of hydrogen-bond donors (Lipinski definition) is 2. The van der Waals surface area contributed by atoms with Gasteiger partial charge in [0.1, 0.15) is 29.3 Å². The largest absolute Gasteiger partial charge is 0.497 e. The summed E-state index contributed by atoms with van der Waals surface area (Å²) >= 11 is 0. The van der Waals surface area contributed by atoms with Crippen molar-refractivity contribution >= 4 is 23.1 Å². The summed E-state index contributed by atoms with van der Waals surface area (Å²) in [6.45, 7) is 0. The molecule has 2 aromatic carbocycles. The minimum Gasteiger partial charge on any atom is -0.497 e. The zero-order valence-corrected chi connectivity index (χ0v) is 14.4. The van der Waals surface area contributed by atoms with Gasteiger partial charge in [0.25, 0.3) is 5.91 Å². The van der Waals surface area contributed by atoms with Gasteiger partial charge in [0.2, 0.25) is 0 Å². The molecule has 132 valence electrons. The van der Waals surface area contributed by atoms with Gasteiger partial charge in [0.05, 0.1) is 19.9 Å². The Balaban J connectivity index is 1.74. The maximum absolute atomic E-state index is 12.4. The summed E-state index contributed by atoms with van der Waals surface area (Å²) in [4.78, 5) is 20.6. The van der Waals surface area contributed by atoms with Gasteiger partial charge in [-0.1, -0.05) is 12.1 Å². The second-order valence-electron chi connectivity index (χ2n) is 5.30. The van der Waals surface area contributed by atoms with Gasteiger partial charge in [-0.25, -0.2) is 9.97 Å². The molecule has 0 aliphatic rings. The fourth-order valence-corrected chi connectivity index (χ4v) is 2.31. The molecule has 3 aromatic rings. The number of para-hydroxylation sites is 2. The van der Waals surface area contributed by atoms with E-state index in [1.165, 1.54) is 6.33 Å². The Morgan fingerprint density at radius 2 is 1.73 bits per heavy atom. The van der Waals surface area contributed by atoms with Crippen molar-refractivity contribution < 1.29 is 14.3 Å². The number of nitrogens with zero attached hydrogens (tertiary/aromatic N) is 2. The number of rotatable bonds is 6. The molecule has 7 nitrogen and oxygen atoms in total. The fraction of sp³-hybridized carbons (Fsp3) is 0.105. The minimum absolute atomic E-state index is 0.244. The SMILES string of the molecule is COc1ccc(NC(=O)c2cc(Nc3ccccc3OC)ncn2)cc1. The van der Waals surface area contributed by atoms with E-state index in [-0.39, 0.29) is 11.6 Å². The van der Waals surface area contributed by atoms with Crippen molar-refractivity contribution in [2.45, 2.75) is 0 Å². The smallest absolute Gasteiger partial charge is 0.274 e. The van der Waals surface area contributed by atoms with Crippen LogP contribution in [0.25, 0.3) is 0 Å². The fourth-order valence-electron chi connectivity index (χ4n) is 2.31. The molecule has 0 spiro atoms. The van der Waals surface area contributed by atoms with Gasteiger partial charge in [0.15, 0.2) is 0 Å². The number of hydrogen-bond acceptors (Lipinski definition) is 6. The van der Waals surface area contributed by atoms with Crippen molar-refractivity contribution in [3.63, 3.8) is 0 Å². The standard InChI is InChI=1S/C19H18N4O3/c1-25-14-9-7-13(8-10-14)22-19(24)16-11-18(21-12-20-16)23-15-5-3-4-6-17(15)26-2/h3-12H,1-2H3,(H,22,24)(H,20,21,23). The number of benzene rings is 2. The molecular formula is C19H18N4O3. The molecule has 0 bridgehead atoms. The molecule has 0 saturated heterocycles. The summed E-state index contributed by atoms with van der Waals surface area (Å²) < 4.78 is 10.4. The Kier molecular flexibility index (Phi) is 5.28. The summed E-state index contributed by atoms with van der Waals surface area (Å²) in [7, 11) is 3.18. The molecule has 0 aliphatic carbocycles. The molecule has 0 aliphatic heterocycles. The quantitative estimate of drug-likeness (QED) is 0.708. The lowest BCUT2D eigenvalue weighted by Crippen LogP contribution is -2.14. The molecule has 7 heteroatoms. The van der Waals surface area contributed by atoms with Crippen LogP contribution in [-0.4, -0.2) is 30.1 Å². The number of aromatic nitrogens is 2. The van der Waals surface area contributed by atoms with Crippen LogP contribution >= 0.6 is 0 Å². The summed E-state index contributed by atoms with van der Waals surface area (Å²) in [5.74, 6) is 1.55. The highest BCUT2D eigenvalue weighted by atomic mass is 16.5. The van der Waals surface area contributed by atoms with Gasteiger partial charge < -0.3 is 20.1 Å². The van der Waals surface area contributed by atoms with Crippen LogP contribution in [0.5, 0.6) is 11.5 Å². The predicted octanol–water partition coefficient (Wildman–Crippen LogP) is 3.49. The molecule has 2 N–H and O–H groups in total. The van der Waals surface area contributed by atoms with E-state index in [0.29, 0.717) is 23.0 Å². The van der Waals surface area contributed by atoms with E-state index >= 15 is 0 Å². The third-order valence-corrected chi connectivity index (χ3v) is 3.62. The average molecular weight is 350 g/mol. The Hall–Kier alpha value is -3.61. The molecule has 0 radical (unpaired) electrons. The van der Waals surface area contributed by atoms with E-state index in [4.69, 9.17) is 9.47 Å². The van der Waals surface area contributed by atoms with Gasteiger partial charge in [-0.2, -0.15) is 0 Å². The Labute approximate surface area is 151 Å². The normalized spacial score (nSPS) is 10.1. The van der Waals surface area contributed by atoms with Crippen LogP contribution in [0.2, 0.25) is 0 Å². The molecule has 1 aromatic heterocycles. The summed E-state index contributed by atoms with van der Waals surface area (Å²) in [6, 6.07) is 16.1. The molecule has 1 heterocycles. The van der Waals surface area contributed by atoms with Crippen molar-refractivity contribution in [1.82, 2.24) is 9.97 Å². The van der Waals surface area contributed by atoms with E-state index in [9.17, 15) is 4.79 Å². The Morgan fingerprint density at radius 1 is 0.962 bits per heavy atom. The van der Waals surface area contributed by atoms with E-state index in [1.807, 2.05) is 24.3 Å². The van der Waals surface area contributed by atoms with Crippen LogP contribution in [0.15, 0.2) is 60.9 Å². The van der Waals surface area contributed by atoms with Crippen LogP contribution in [0.1, 0.15) is 10.5 Å². The summed E-state index contributed by atoms with van der Waals surface area (Å²) in [5, 5.41) is 5.91. The molecule has 0 atom stereocenters. The van der Waals surface area contributed by atoms with E-state index in [1.54, 1.807) is 44.6 Å². The van der Waals surface area contributed by atoms with Crippen molar-refractivity contribution in [2.75, 3.05) is 24.9 Å². The lowest BCUT2D eigenvalue weighted by molar-refractivity contribution is 0.102. The molecule has 26 heavy (non-hydrogen) atoms. The van der Waals surface area contributed by atoms with Gasteiger partial charge in [-0.05, 0) is 36.4 Å². The number of carbonyl (C=O) groups excluding carboxylic acids is 1. The van der Waals surface area contributed by atoms with Crippen molar-refractivity contribution in [2.24, 2.45) is 0 Å². The van der Waals surface area contributed by atoms with E-state index < -0.39 is 0 Å². The van der Waals surface area contributed by atoms with Gasteiger partial charge >= 0.3 is 0 Å². The number of nitrogens with one attached hydrogen (secondary N) is 2. The monoisotopic (exact) mass is 350 g/mol. The van der Waals surface area contributed by atoms with E-state index in [2.05, 4.69) is 20.6 Å². The zero-order valence-electron chi connectivity index (χ0n) is 14.4. The predicted molar refractivity (Wildman–Crippen MR) is 99.3 cm³/mol. The molecule has 0 unspecified atom stereocenters. The Morgan fingerprint density at radius 3 is 2.46 bits per heavy atom. The topological polar surface area (TPSA) is 85.4 Å². The molecule has 0 fully saturated rings. The highest BCUT2D eigenvalue weighted by molar-refractivity contribution is 6.03. The number of methoxy groups -OCH3 is 2. The van der Waals surface area contributed by atoms with Crippen molar-refractivity contribution in [3.8, 4) is 11.5 Å². The minimum atomic E-state index is -0.333. The Bertz CT molecular complexity index is 897. The van der Waals surface area contributed by atoms with Gasteiger partial charge in [0, 0.05) is 11.8 Å². The third-order valence-electron chi connectivity index (χ3n) is 3.62. The second kappa shape index (κ2) is 7.98. The first-order chi connectivity index (χ1) is 12.7. The number of carbonyl (C=O) groups is 1. The van der Waals surface area contributed by atoms with Crippen LogP contribution < -0.4 is 20.1 Å². The van der Waals surface area contributed by atoms with Gasteiger partial charge in [-0.3, -0.25) is 4.79 Å². The average Bonchev–Trinajstić information content (AvgIpc) is 2.69. The van der Waals surface area contributed by atoms with Crippen LogP contribution in [0, 0.1) is 0 Å². The lowest BCUT2D eigenvalue weighted by atomic mass is 10.2. The van der Waals surface area contributed by atoms with Crippen molar-refractivity contribution in [3.05, 3.63) is 66.6 Å². The number of anilines is 3. The molecule has 1 amide bonds. The first-order valence-corrected chi connectivity index (χ1v) is 7.87. The maximum atomic E-state index is 12.4. The lowest BCUT2D eigenvalue weighted by Gasteiger charge is -2.11. The maximum Gasteiger partial charge on any atom is 0.274 e. The second-order valence-corrected chi connectivity index (χ2v) is 5.30. The first-order valence-electron chi connectivity index (χ1n) is 7.87. The van der Waals surface area contributed by atoms with Crippen LogP contribution in [0.4, 0.5) is 17.2 Å². The summed E-state index contributed by atoms with van der Waals surface area (Å²) in [5.41, 5.74) is 1.64. The molecular weight excluding hydrogens is 332 g/mol. The van der Waals surface area contributed by atoms with Gasteiger partial charge in [-0.15, -0.1) is 0 Å². The molecule has 0 saturated carbocycles. The van der Waals surface area contributed by atoms with Crippen LogP contribution in [0.3, 0.4) is 0 Å². The van der Waals surface area contributed by atoms with E-state index in [0.717, 1.165) is 5.69 Å². The summed E-state index contributed by atoms with van der Waals surface area (Å²) in [6.07, 6.45) is 1.33. The number of amides is 1. The third kappa shape index (κ3) is 4.07. The van der Waals surface area contributed by atoms with Crippen LogP contribution in [-0.2, 0) is 0 Å². The first kappa shape index (κ1) is 17.2. The molecule has 3 rings (SSSR count). The van der Waals surface area contributed by atoms with Crippen molar-refractivity contribution in [1.29, 1.82) is 0 Å². The number of ether oxygens (including phenoxy) is 2. The zero-order chi connectivity index (χ0) is 18.4. The highest BCUT2D eigenvalue weighted by Gasteiger charge is 2.10.